The van der Waals surface area contributed by atoms with Gasteiger partial charge in [0.2, 0.25) is 5.91 Å². The molecule has 0 radical (unpaired) electrons. The van der Waals surface area contributed by atoms with Crippen molar-refractivity contribution in [1.29, 1.82) is 0 Å². The topological polar surface area (TPSA) is 75.0 Å². The molecule has 1 aliphatic rings. The molecule has 0 spiro atoms. The molecule has 1 aliphatic heterocycles. The summed E-state index contributed by atoms with van der Waals surface area (Å²) in [5, 5.41) is 7.01. The molecular formula is C14H25ClN4O. The monoisotopic (exact) mass is 300 g/mol. The number of amides is 1. The summed E-state index contributed by atoms with van der Waals surface area (Å²) in [6.45, 7) is 5.71. The Balaban J connectivity index is 0.00000200. The van der Waals surface area contributed by atoms with E-state index >= 15 is 0 Å². The maximum Gasteiger partial charge on any atom is 0.239 e. The molecule has 1 aromatic heterocycles. The van der Waals surface area contributed by atoms with Crippen molar-refractivity contribution in [2.24, 2.45) is 11.7 Å². The van der Waals surface area contributed by atoms with E-state index in [0.29, 0.717) is 5.92 Å². The Morgan fingerprint density at radius 2 is 2.20 bits per heavy atom. The fourth-order valence-corrected chi connectivity index (χ4v) is 2.61. The molecule has 114 valence electrons. The number of piperidine rings is 1. The van der Waals surface area contributed by atoms with Crippen LogP contribution in [-0.4, -0.2) is 40.1 Å². The highest BCUT2D eigenvalue weighted by Gasteiger charge is 2.29. The van der Waals surface area contributed by atoms with Gasteiger partial charge in [0.1, 0.15) is 0 Å². The predicted octanol–water partition coefficient (Wildman–Crippen LogP) is 1.91. The lowest BCUT2D eigenvalue weighted by Gasteiger charge is -2.34. The van der Waals surface area contributed by atoms with Gasteiger partial charge in [-0.25, -0.2) is 0 Å². The largest absolute Gasteiger partial charge is 0.341 e. The number of rotatable bonds is 4. The quantitative estimate of drug-likeness (QED) is 0.892. The van der Waals surface area contributed by atoms with Gasteiger partial charge in [-0.15, -0.1) is 12.4 Å². The summed E-state index contributed by atoms with van der Waals surface area (Å²) < 4.78 is 0. The van der Waals surface area contributed by atoms with E-state index in [1.165, 1.54) is 5.69 Å². The number of nitrogens with one attached hydrogen (secondary N) is 1. The van der Waals surface area contributed by atoms with Crippen LogP contribution in [0.15, 0.2) is 12.3 Å². The van der Waals surface area contributed by atoms with E-state index in [4.69, 9.17) is 5.73 Å². The second kappa shape index (κ2) is 7.64. The highest BCUT2D eigenvalue weighted by Crippen LogP contribution is 2.26. The summed E-state index contributed by atoms with van der Waals surface area (Å²) in [4.78, 5) is 14.2. The predicted molar refractivity (Wildman–Crippen MR) is 81.8 cm³/mol. The molecule has 0 saturated carbocycles. The summed E-state index contributed by atoms with van der Waals surface area (Å²) in [6, 6.07) is 1.67. The van der Waals surface area contributed by atoms with Crippen LogP contribution in [0.5, 0.6) is 0 Å². The SMILES string of the molecule is CCC(C)C(N)C(=O)N1CCC(c2ccn[nH]2)CC1.Cl. The first-order valence-electron chi connectivity index (χ1n) is 7.17. The van der Waals surface area contributed by atoms with Gasteiger partial charge in [0.15, 0.2) is 0 Å². The highest BCUT2D eigenvalue weighted by molar-refractivity contribution is 5.85. The molecule has 2 rings (SSSR count). The lowest BCUT2D eigenvalue weighted by Crippen LogP contribution is -2.49. The zero-order valence-corrected chi connectivity index (χ0v) is 13.0. The van der Waals surface area contributed by atoms with Crippen LogP contribution in [0.2, 0.25) is 0 Å². The Bertz CT molecular complexity index is 401. The third kappa shape index (κ3) is 3.73. The smallest absolute Gasteiger partial charge is 0.239 e. The molecule has 0 aliphatic carbocycles. The van der Waals surface area contributed by atoms with Crippen LogP contribution >= 0.6 is 12.4 Å². The van der Waals surface area contributed by atoms with Crippen molar-refractivity contribution in [2.75, 3.05) is 13.1 Å². The van der Waals surface area contributed by atoms with Gasteiger partial charge in [-0.1, -0.05) is 20.3 Å². The summed E-state index contributed by atoms with van der Waals surface area (Å²) in [6.07, 6.45) is 4.70. The summed E-state index contributed by atoms with van der Waals surface area (Å²) in [7, 11) is 0. The number of H-pyrrole nitrogens is 1. The molecule has 0 bridgehead atoms. The zero-order chi connectivity index (χ0) is 13.8. The number of hydrogen-bond donors (Lipinski definition) is 2. The number of carbonyl (C=O) groups is 1. The average molecular weight is 301 g/mol. The number of aromatic nitrogens is 2. The first-order chi connectivity index (χ1) is 9.13. The Labute approximate surface area is 126 Å². The molecule has 0 aromatic carbocycles. The van der Waals surface area contributed by atoms with Crippen molar-refractivity contribution >= 4 is 18.3 Å². The fourth-order valence-electron chi connectivity index (χ4n) is 2.61. The van der Waals surface area contributed by atoms with Crippen LogP contribution in [0.25, 0.3) is 0 Å². The second-order valence-electron chi connectivity index (χ2n) is 5.52. The molecule has 5 nitrogen and oxygen atoms in total. The van der Waals surface area contributed by atoms with Crippen LogP contribution in [0, 0.1) is 5.92 Å². The van der Waals surface area contributed by atoms with Gasteiger partial charge in [-0.2, -0.15) is 5.10 Å². The number of nitrogens with two attached hydrogens (primary N) is 1. The zero-order valence-electron chi connectivity index (χ0n) is 12.2. The van der Waals surface area contributed by atoms with E-state index in [0.717, 1.165) is 32.4 Å². The number of nitrogens with zero attached hydrogens (tertiary/aromatic N) is 2. The van der Waals surface area contributed by atoms with E-state index in [1.54, 1.807) is 6.20 Å². The minimum absolute atomic E-state index is 0. The van der Waals surface area contributed by atoms with Gasteiger partial charge < -0.3 is 10.6 Å². The van der Waals surface area contributed by atoms with Gasteiger partial charge in [0.05, 0.1) is 6.04 Å². The third-order valence-corrected chi connectivity index (χ3v) is 4.31. The number of halogens is 1. The van der Waals surface area contributed by atoms with Gasteiger partial charge in [0.25, 0.3) is 0 Å². The first kappa shape index (κ1) is 17.0. The average Bonchev–Trinajstić information content (AvgIpc) is 2.99. The minimum Gasteiger partial charge on any atom is -0.341 e. The van der Waals surface area contributed by atoms with Crippen LogP contribution in [0.4, 0.5) is 0 Å². The van der Waals surface area contributed by atoms with Gasteiger partial charge >= 0.3 is 0 Å². The molecule has 1 fully saturated rings. The summed E-state index contributed by atoms with van der Waals surface area (Å²) in [5.41, 5.74) is 7.20. The van der Waals surface area contributed by atoms with Crippen LogP contribution < -0.4 is 5.73 Å². The van der Waals surface area contributed by atoms with Crippen LogP contribution in [-0.2, 0) is 4.79 Å². The number of carbonyl (C=O) groups excluding carboxylic acids is 1. The highest BCUT2D eigenvalue weighted by atomic mass is 35.5. The van der Waals surface area contributed by atoms with Crippen molar-refractivity contribution in [3.05, 3.63) is 18.0 Å². The Hall–Kier alpha value is -1.07. The molecule has 1 amide bonds. The van der Waals surface area contributed by atoms with E-state index in [1.807, 2.05) is 17.9 Å². The molecular weight excluding hydrogens is 276 g/mol. The minimum atomic E-state index is -0.353. The van der Waals surface area contributed by atoms with Crippen molar-refractivity contribution in [2.45, 2.75) is 45.1 Å². The molecule has 6 heteroatoms. The molecule has 2 unspecified atom stereocenters. The summed E-state index contributed by atoms with van der Waals surface area (Å²) >= 11 is 0. The molecule has 3 N–H and O–H groups in total. The van der Waals surface area contributed by atoms with Crippen LogP contribution in [0.1, 0.15) is 44.7 Å². The van der Waals surface area contributed by atoms with E-state index in [-0.39, 0.29) is 30.3 Å². The third-order valence-electron chi connectivity index (χ3n) is 4.31. The standard InChI is InChI=1S/C14H24N4O.ClH/c1-3-10(2)13(15)14(19)18-8-5-11(6-9-18)12-4-7-16-17-12;/h4,7,10-11,13H,3,5-6,8-9,15H2,1-2H3,(H,16,17);1H. The van der Waals surface area contributed by atoms with E-state index in [9.17, 15) is 4.79 Å². The first-order valence-corrected chi connectivity index (χ1v) is 7.17. The molecule has 20 heavy (non-hydrogen) atoms. The van der Waals surface area contributed by atoms with Crippen molar-refractivity contribution < 1.29 is 4.79 Å². The second-order valence-corrected chi connectivity index (χ2v) is 5.52. The van der Waals surface area contributed by atoms with Crippen molar-refractivity contribution in [3.63, 3.8) is 0 Å². The number of hydrogen-bond acceptors (Lipinski definition) is 3. The number of aromatic amines is 1. The maximum atomic E-state index is 12.3. The lowest BCUT2D eigenvalue weighted by atomic mass is 9.92. The molecule has 2 heterocycles. The van der Waals surface area contributed by atoms with Gasteiger partial charge in [0, 0.05) is 30.9 Å². The summed E-state index contributed by atoms with van der Waals surface area (Å²) in [5.74, 6) is 0.849. The Morgan fingerprint density at radius 3 is 2.70 bits per heavy atom. The normalized spacial score (nSPS) is 19.2. The number of likely N-dealkylation sites (tertiary alicyclic amines) is 1. The van der Waals surface area contributed by atoms with Crippen LogP contribution in [0.3, 0.4) is 0 Å². The van der Waals surface area contributed by atoms with Crippen molar-refractivity contribution in [3.8, 4) is 0 Å². The Morgan fingerprint density at radius 1 is 1.55 bits per heavy atom. The van der Waals surface area contributed by atoms with Gasteiger partial charge in [-0.05, 0) is 24.8 Å². The van der Waals surface area contributed by atoms with E-state index < -0.39 is 0 Å². The lowest BCUT2D eigenvalue weighted by molar-refractivity contribution is -0.134. The maximum absolute atomic E-state index is 12.3. The van der Waals surface area contributed by atoms with Gasteiger partial charge in [-0.3, -0.25) is 9.89 Å². The fraction of sp³-hybridized carbons (Fsp3) is 0.714. The van der Waals surface area contributed by atoms with Crippen molar-refractivity contribution in [1.82, 2.24) is 15.1 Å². The molecule has 1 aromatic rings. The molecule has 1 saturated heterocycles. The molecule has 2 atom stereocenters. The Kier molecular flexibility index (Phi) is 6.49. The van der Waals surface area contributed by atoms with E-state index in [2.05, 4.69) is 17.1 Å².